The Morgan fingerprint density at radius 3 is 2.74 bits per heavy atom. The van der Waals surface area contributed by atoms with Crippen LogP contribution in [0.4, 0.5) is 0 Å². The third-order valence-corrected chi connectivity index (χ3v) is 8.69. The molecule has 218 valence electrons. The van der Waals surface area contributed by atoms with Gasteiger partial charge in [-0.25, -0.2) is 14.5 Å². The monoisotopic (exact) mass is 613 g/mol. The van der Waals surface area contributed by atoms with Crippen molar-refractivity contribution >= 4 is 47.2 Å². The highest BCUT2D eigenvalue weighted by molar-refractivity contribution is 8.01. The van der Waals surface area contributed by atoms with Crippen LogP contribution in [0.2, 0.25) is 0 Å². The molecule has 0 aliphatic carbocycles. The second kappa shape index (κ2) is 12.4. The molecule has 4 N–H and O–H groups in total. The summed E-state index contributed by atoms with van der Waals surface area (Å²) in [5.41, 5.74) is 0.255. The van der Waals surface area contributed by atoms with Gasteiger partial charge in [0.05, 0.1) is 12.5 Å². The molecule has 1 aromatic carbocycles. The minimum atomic E-state index is -1.26. The summed E-state index contributed by atoms with van der Waals surface area (Å²) < 4.78 is 6.68. The molecule has 1 fully saturated rings. The zero-order valence-electron chi connectivity index (χ0n) is 21.8. The van der Waals surface area contributed by atoms with Gasteiger partial charge in [0.15, 0.2) is 6.61 Å². The van der Waals surface area contributed by atoms with Gasteiger partial charge < -0.3 is 25.5 Å². The number of carboxylic acids is 1. The van der Waals surface area contributed by atoms with Crippen molar-refractivity contribution in [3.8, 4) is 5.75 Å². The highest BCUT2D eigenvalue weighted by atomic mass is 32.2. The maximum atomic E-state index is 13.4. The Bertz CT molecular complexity index is 1610. The number of fused-ring (bicyclic) bond motifs is 1. The topological polar surface area (TPSA) is 214 Å². The smallest absolute Gasteiger partial charge is 0.352 e. The molecule has 2 aliphatic heterocycles. The van der Waals surface area contributed by atoms with Crippen molar-refractivity contribution in [2.24, 2.45) is 7.05 Å². The number of tetrazole rings is 1. The number of rotatable bonds is 11. The van der Waals surface area contributed by atoms with E-state index in [1.54, 1.807) is 37.4 Å². The van der Waals surface area contributed by atoms with Crippen LogP contribution < -0.4 is 20.9 Å². The van der Waals surface area contributed by atoms with Crippen LogP contribution in [0.15, 0.2) is 64.1 Å². The van der Waals surface area contributed by atoms with Crippen molar-refractivity contribution in [3.63, 3.8) is 0 Å². The first kappa shape index (κ1) is 28.8. The van der Waals surface area contributed by atoms with E-state index < -0.39 is 53.3 Å². The van der Waals surface area contributed by atoms with Crippen LogP contribution in [-0.2, 0) is 26.2 Å². The number of benzene rings is 1. The number of H-pyrrole nitrogens is 1. The van der Waals surface area contributed by atoms with Crippen LogP contribution in [0, 0.1) is 0 Å². The maximum absolute atomic E-state index is 13.4. The van der Waals surface area contributed by atoms with Crippen molar-refractivity contribution in [3.05, 3.63) is 70.0 Å². The highest BCUT2D eigenvalue weighted by Crippen LogP contribution is 2.41. The van der Waals surface area contributed by atoms with Gasteiger partial charge in [-0.15, -0.1) is 16.9 Å². The number of aromatic amines is 1. The summed E-state index contributed by atoms with van der Waals surface area (Å²) in [6.45, 7) is -0.571. The summed E-state index contributed by atoms with van der Waals surface area (Å²) in [7, 11) is 1.66. The number of aliphatic carboxylic acids is 1. The van der Waals surface area contributed by atoms with Crippen molar-refractivity contribution in [1.82, 2.24) is 45.7 Å². The Morgan fingerprint density at radius 1 is 1.26 bits per heavy atom. The van der Waals surface area contributed by atoms with E-state index >= 15 is 0 Å². The first-order chi connectivity index (χ1) is 20.2. The molecule has 3 amide bonds. The Kier molecular flexibility index (Phi) is 8.53. The fourth-order valence-corrected chi connectivity index (χ4v) is 6.59. The van der Waals surface area contributed by atoms with E-state index in [0.717, 1.165) is 6.20 Å². The molecule has 0 saturated carbocycles. The molecule has 5 rings (SSSR count). The molecular formula is C24H23N9O7S2. The molecule has 0 radical (unpaired) electrons. The second-order valence-corrected chi connectivity index (χ2v) is 11.0. The van der Waals surface area contributed by atoms with Gasteiger partial charge in [-0.2, -0.15) is 0 Å². The Morgan fingerprint density at radius 2 is 2.05 bits per heavy atom. The summed E-state index contributed by atoms with van der Waals surface area (Å²) in [4.78, 5) is 70.4. The second-order valence-electron chi connectivity index (χ2n) is 8.97. The molecule has 3 aromatic rings. The van der Waals surface area contributed by atoms with Gasteiger partial charge in [0.1, 0.15) is 23.2 Å². The van der Waals surface area contributed by atoms with E-state index in [9.17, 15) is 29.1 Å². The summed E-state index contributed by atoms with van der Waals surface area (Å²) >= 11 is 2.56. The molecule has 0 spiro atoms. The number of hydrogen-bond acceptors (Lipinski definition) is 12. The summed E-state index contributed by atoms with van der Waals surface area (Å²) in [5.74, 6) is -2.83. The third kappa shape index (κ3) is 5.98. The number of carboxylic acid groups (broad SMARTS) is 1. The normalized spacial score (nSPS) is 18.5. The standard InChI is InChI=1S/C24H23N9O7S2/c1-32-24(29-30-31-32)42-10-13-9-41-22-17(21(37)33(22)18(13)23(38)39)28-20(36)16(12-5-3-2-4-6-12)27-15(34)8-40-14-7-25-11-26-19(14)35/h2-7,11,16-17,22H,8-10H2,1H3,(H,27,34)(H,28,36)(H,38,39)(H,25,26,35)/t16?,17?,22-/m1/s1. The average molecular weight is 614 g/mol. The SMILES string of the molecule is Cn1nnnc1SCC1=C(C(=O)O)N2C(=O)C(NC(=O)C(NC(=O)COc3cnc[nH]c3=O)c3ccccc3)[C@H]2SC1. The van der Waals surface area contributed by atoms with Crippen LogP contribution in [0.5, 0.6) is 5.75 Å². The number of nitrogens with zero attached hydrogens (tertiary/aromatic N) is 6. The third-order valence-electron chi connectivity index (χ3n) is 6.25. The number of carbonyl (C=O) groups is 4. The van der Waals surface area contributed by atoms with E-state index in [1.807, 2.05) is 0 Å². The van der Waals surface area contributed by atoms with Crippen LogP contribution in [0.1, 0.15) is 11.6 Å². The minimum absolute atomic E-state index is 0.132. The predicted octanol–water partition coefficient (Wildman–Crippen LogP) is -0.939. The summed E-state index contributed by atoms with van der Waals surface area (Å²) in [5, 5.41) is 26.2. The van der Waals surface area contributed by atoms with Crippen LogP contribution >= 0.6 is 23.5 Å². The fraction of sp³-hybridized carbons (Fsp3) is 0.292. The Hall–Kier alpha value is -4.71. The predicted molar refractivity (Wildman–Crippen MR) is 147 cm³/mol. The lowest BCUT2D eigenvalue weighted by atomic mass is 10.0. The zero-order chi connectivity index (χ0) is 29.8. The molecule has 18 heteroatoms. The first-order valence-corrected chi connectivity index (χ1v) is 14.3. The summed E-state index contributed by atoms with van der Waals surface area (Å²) in [6, 6.07) is 6.14. The molecule has 3 atom stereocenters. The number of aryl methyl sites for hydroxylation is 1. The van der Waals surface area contributed by atoms with Gasteiger partial charge in [-0.05, 0) is 21.6 Å². The van der Waals surface area contributed by atoms with Crippen molar-refractivity contribution in [2.45, 2.75) is 22.6 Å². The molecule has 1 saturated heterocycles. The van der Waals surface area contributed by atoms with Crippen molar-refractivity contribution in [1.29, 1.82) is 0 Å². The fourth-order valence-electron chi connectivity index (χ4n) is 4.25. The van der Waals surface area contributed by atoms with Gasteiger partial charge in [0.25, 0.3) is 17.4 Å². The Labute approximate surface area is 245 Å². The lowest BCUT2D eigenvalue weighted by molar-refractivity contribution is -0.151. The molecule has 42 heavy (non-hydrogen) atoms. The number of carbonyl (C=O) groups excluding carboxylic acids is 3. The lowest BCUT2D eigenvalue weighted by Gasteiger charge is -2.49. The first-order valence-electron chi connectivity index (χ1n) is 12.3. The molecule has 0 bridgehead atoms. The lowest BCUT2D eigenvalue weighted by Crippen LogP contribution is -2.71. The number of aromatic nitrogens is 6. The van der Waals surface area contributed by atoms with Gasteiger partial charge >= 0.3 is 5.97 Å². The van der Waals surface area contributed by atoms with E-state index in [4.69, 9.17) is 4.74 Å². The quantitative estimate of drug-likeness (QED) is 0.152. The molecule has 4 heterocycles. The van der Waals surface area contributed by atoms with E-state index in [0.29, 0.717) is 22.0 Å². The molecule has 2 aliphatic rings. The van der Waals surface area contributed by atoms with Crippen LogP contribution in [0.25, 0.3) is 0 Å². The minimum Gasteiger partial charge on any atom is -0.477 e. The Balaban J connectivity index is 1.27. The number of ether oxygens (including phenoxy) is 1. The summed E-state index contributed by atoms with van der Waals surface area (Å²) in [6.07, 6.45) is 2.32. The zero-order valence-corrected chi connectivity index (χ0v) is 23.4. The van der Waals surface area contributed by atoms with Crippen molar-refractivity contribution < 1.29 is 29.0 Å². The number of hydrogen-bond donors (Lipinski definition) is 4. The van der Waals surface area contributed by atoms with E-state index in [2.05, 4.69) is 36.1 Å². The van der Waals surface area contributed by atoms with Crippen LogP contribution in [-0.4, -0.2) is 93.4 Å². The number of amides is 3. The van der Waals surface area contributed by atoms with Gasteiger partial charge in [-0.1, -0.05) is 42.1 Å². The number of nitrogens with one attached hydrogen (secondary N) is 3. The van der Waals surface area contributed by atoms with E-state index in [-0.39, 0.29) is 17.2 Å². The van der Waals surface area contributed by atoms with Crippen molar-refractivity contribution in [2.75, 3.05) is 18.1 Å². The number of β-lactam (4-membered cyclic amide) rings is 1. The highest BCUT2D eigenvalue weighted by Gasteiger charge is 2.54. The maximum Gasteiger partial charge on any atom is 0.352 e. The molecule has 16 nitrogen and oxygen atoms in total. The molecule has 2 unspecified atom stereocenters. The van der Waals surface area contributed by atoms with Gasteiger partial charge in [0.2, 0.25) is 16.8 Å². The average Bonchev–Trinajstić information content (AvgIpc) is 3.41. The van der Waals surface area contributed by atoms with Gasteiger partial charge in [0, 0.05) is 18.6 Å². The largest absolute Gasteiger partial charge is 0.477 e. The molecular weight excluding hydrogens is 590 g/mol. The number of thioether (sulfide) groups is 2. The van der Waals surface area contributed by atoms with Crippen LogP contribution in [0.3, 0.4) is 0 Å². The van der Waals surface area contributed by atoms with E-state index in [1.165, 1.54) is 39.4 Å². The van der Waals surface area contributed by atoms with Gasteiger partial charge in [-0.3, -0.25) is 24.1 Å². The molecule has 2 aromatic heterocycles.